The number of hydrazone groups is 1. The highest BCUT2D eigenvalue weighted by Crippen LogP contribution is 2.35. The number of para-hydroxylation sites is 1. The Morgan fingerprint density at radius 3 is 2.53 bits per heavy atom. The molecule has 0 spiro atoms. The summed E-state index contributed by atoms with van der Waals surface area (Å²) in [5, 5.41) is 5.96. The molecule has 0 bridgehead atoms. The van der Waals surface area contributed by atoms with Crippen LogP contribution in [-0.4, -0.2) is 25.0 Å². The Bertz CT molecular complexity index is 1170. The first-order valence-corrected chi connectivity index (χ1v) is 11.1. The average Bonchev–Trinajstić information content (AvgIpc) is 3.44. The van der Waals surface area contributed by atoms with Gasteiger partial charge in [0.1, 0.15) is 11.8 Å². The summed E-state index contributed by atoms with van der Waals surface area (Å²) in [6.07, 6.45) is 2.28. The number of hydrogen-bond donors (Lipinski definition) is 1. The molecule has 154 valence electrons. The van der Waals surface area contributed by atoms with Crippen molar-refractivity contribution in [2.75, 3.05) is 4.72 Å². The van der Waals surface area contributed by atoms with Gasteiger partial charge in [0, 0.05) is 18.4 Å². The van der Waals surface area contributed by atoms with Crippen molar-refractivity contribution in [3.63, 3.8) is 0 Å². The van der Waals surface area contributed by atoms with Gasteiger partial charge in [0.2, 0.25) is 5.91 Å². The number of furan rings is 1. The number of benzene rings is 2. The molecule has 2 heterocycles. The third kappa shape index (κ3) is 3.86. The molecular formula is C22H21N3O4S. The zero-order chi connectivity index (χ0) is 21.1. The predicted molar refractivity (Wildman–Crippen MR) is 113 cm³/mol. The van der Waals surface area contributed by atoms with Crippen molar-refractivity contribution in [1.29, 1.82) is 0 Å². The normalized spacial score (nSPS) is 16.4. The lowest BCUT2D eigenvalue weighted by Crippen LogP contribution is -2.25. The van der Waals surface area contributed by atoms with E-state index in [-0.39, 0.29) is 16.8 Å². The fourth-order valence-electron chi connectivity index (χ4n) is 3.39. The molecule has 1 aliphatic rings. The molecule has 0 aliphatic carbocycles. The Labute approximate surface area is 175 Å². The van der Waals surface area contributed by atoms with E-state index in [4.69, 9.17) is 4.42 Å². The molecule has 3 aromatic rings. The summed E-state index contributed by atoms with van der Waals surface area (Å²) < 4.78 is 33.8. The van der Waals surface area contributed by atoms with Crippen molar-refractivity contribution in [2.45, 2.75) is 30.7 Å². The van der Waals surface area contributed by atoms with E-state index in [0.29, 0.717) is 35.6 Å². The van der Waals surface area contributed by atoms with Crippen molar-refractivity contribution in [3.05, 3.63) is 84.3 Å². The molecule has 1 unspecified atom stereocenters. The highest BCUT2D eigenvalue weighted by atomic mass is 32.2. The van der Waals surface area contributed by atoms with Gasteiger partial charge in [-0.15, -0.1) is 0 Å². The number of nitrogens with one attached hydrogen (secondary N) is 1. The molecule has 8 heteroatoms. The quantitative estimate of drug-likeness (QED) is 0.644. The monoisotopic (exact) mass is 423 g/mol. The number of carbonyl (C=O) groups is 1. The van der Waals surface area contributed by atoms with Crippen LogP contribution in [0.25, 0.3) is 0 Å². The minimum absolute atomic E-state index is 0.131. The van der Waals surface area contributed by atoms with Crippen LogP contribution >= 0.6 is 0 Å². The number of carbonyl (C=O) groups excluding carboxylic acids is 1. The highest BCUT2D eigenvalue weighted by Gasteiger charge is 2.35. The van der Waals surface area contributed by atoms with E-state index in [1.165, 1.54) is 17.1 Å². The summed E-state index contributed by atoms with van der Waals surface area (Å²) >= 11 is 0. The van der Waals surface area contributed by atoms with Gasteiger partial charge in [-0.05, 0) is 30.3 Å². The third-order valence-electron chi connectivity index (χ3n) is 4.88. The molecule has 1 amide bonds. The predicted octanol–water partition coefficient (Wildman–Crippen LogP) is 4.17. The number of anilines is 1. The van der Waals surface area contributed by atoms with E-state index >= 15 is 0 Å². The molecule has 1 N–H and O–H groups in total. The average molecular weight is 423 g/mol. The number of rotatable bonds is 6. The SMILES string of the molecule is CCC(=O)N1N=C(c2ccccc2NS(=O)(=O)c2ccccc2)CC1c1ccco1. The van der Waals surface area contributed by atoms with E-state index in [1.54, 1.807) is 55.7 Å². The lowest BCUT2D eigenvalue weighted by Gasteiger charge is -2.18. The summed E-state index contributed by atoms with van der Waals surface area (Å²) in [6, 6.07) is 18.4. The van der Waals surface area contributed by atoms with Crippen LogP contribution in [0.2, 0.25) is 0 Å². The van der Waals surface area contributed by atoms with Crippen molar-refractivity contribution >= 4 is 27.3 Å². The number of amides is 1. The van der Waals surface area contributed by atoms with Crippen LogP contribution in [0, 0.1) is 0 Å². The Morgan fingerprint density at radius 2 is 1.83 bits per heavy atom. The summed E-state index contributed by atoms with van der Waals surface area (Å²) in [5.74, 6) is 0.506. The molecule has 1 aliphatic heterocycles. The van der Waals surface area contributed by atoms with Gasteiger partial charge in [0.05, 0.1) is 22.6 Å². The van der Waals surface area contributed by atoms with Crippen LogP contribution in [0.1, 0.15) is 37.1 Å². The second-order valence-electron chi connectivity index (χ2n) is 6.84. The van der Waals surface area contributed by atoms with Gasteiger partial charge < -0.3 is 4.42 Å². The lowest BCUT2D eigenvalue weighted by atomic mass is 10.0. The Hall–Kier alpha value is -3.39. The van der Waals surface area contributed by atoms with Gasteiger partial charge >= 0.3 is 0 Å². The standard InChI is InChI=1S/C22H21N3O4S/c1-2-22(26)25-20(21-13-8-14-29-21)15-19(23-25)17-11-6-7-12-18(17)24-30(27,28)16-9-4-3-5-10-16/h3-14,20,24H,2,15H2,1H3. The Balaban J connectivity index is 1.69. The fraction of sp³-hybridized carbons (Fsp3) is 0.182. The largest absolute Gasteiger partial charge is 0.467 e. The summed E-state index contributed by atoms with van der Waals surface area (Å²) in [7, 11) is -3.76. The summed E-state index contributed by atoms with van der Waals surface area (Å²) in [6.45, 7) is 1.77. The lowest BCUT2D eigenvalue weighted by molar-refractivity contribution is -0.133. The van der Waals surface area contributed by atoms with Crippen LogP contribution in [0.5, 0.6) is 0 Å². The first-order chi connectivity index (χ1) is 14.5. The van der Waals surface area contributed by atoms with Crippen molar-refractivity contribution in [2.24, 2.45) is 5.10 Å². The molecular weight excluding hydrogens is 402 g/mol. The molecule has 1 aromatic heterocycles. The van der Waals surface area contributed by atoms with Crippen molar-refractivity contribution < 1.29 is 17.6 Å². The zero-order valence-electron chi connectivity index (χ0n) is 16.4. The van der Waals surface area contributed by atoms with E-state index in [9.17, 15) is 13.2 Å². The Kier molecular flexibility index (Phi) is 5.41. The molecule has 30 heavy (non-hydrogen) atoms. The second-order valence-corrected chi connectivity index (χ2v) is 8.52. The van der Waals surface area contributed by atoms with E-state index in [1.807, 2.05) is 12.1 Å². The van der Waals surface area contributed by atoms with Crippen LogP contribution in [-0.2, 0) is 14.8 Å². The second kappa shape index (κ2) is 8.16. The molecule has 0 saturated carbocycles. The van der Waals surface area contributed by atoms with Gasteiger partial charge in [-0.2, -0.15) is 5.10 Å². The number of hydrogen-bond acceptors (Lipinski definition) is 5. The first-order valence-electron chi connectivity index (χ1n) is 9.60. The van der Waals surface area contributed by atoms with E-state index in [2.05, 4.69) is 9.82 Å². The van der Waals surface area contributed by atoms with E-state index < -0.39 is 10.0 Å². The third-order valence-corrected chi connectivity index (χ3v) is 6.26. The van der Waals surface area contributed by atoms with Gasteiger partial charge in [0.25, 0.3) is 10.0 Å². The first kappa shape index (κ1) is 19.9. The van der Waals surface area contributed by atoms with Gasteiger partial charge in [-0.3, -0.25) is 9.52 Å². The van der Waals surface area contributed by atoms with Gasteiger partial charge in [-0.1, -0.05) is 43.3 Å². The van der Waals surface area contributed by atoms with Crippen molar-refractivity contribution in [3.8, 4) is 0 Å². The molecule has 0 fully saturated rings. The maximum atomic E-state index is 12.8. The van der Waals surface area contributed by atoms with Crippen LogP contribution in [0.15, 0.2) is 87.4 Å². The van der Waals surface area contributed by atoms with Crippen LogP contribution in [0.4, 0.5) is 5.69 Å². The molecule has 7 nitrogen and oxygen atoms in total. The zero-order valence-corrected chi connectivity index (χ0v) is 17.2. The number of sulfonamides is 1. The van der Waals surface area contributed by atoms with Crippen LogP contribution in [0.3, 0.4) is 0 Å². The van der Waals surface area contributed by atoms with Gasteiger partial charge in [0.15, 0.2) is 0 Å². The maximum Gasteiger partial charge on any atom is 0.261 e. The van der Waals surface area contributed by atoms with Crippen LogP contribution < -0.4 is 4.72 Å². The highest BCUT2D eigenvalue weighted by molar-refractivity contribution is 7.92. The molecule has 4 rings (SSSR count). The fourth-order valence-corrected chi connectivity index (χ4v) is 4.50. The number of nitrogens with zero attached hydrogens (tertiary/aromatic N) is 2. The summed E-state index contributed by atoms with van der Waals surface area (Å²) in [5.41, 5.74) is 1.65. The molecule has 1 atom stereocenters. The smallest absolute Gasteiger partial charge is 0.261 e. The minimum atomic E-state index is -3.76. The molecule has 2 aromatic carbocycles. The van der Waals surface area contributed by atoms with Gasteiger partial charge in [-0.25, -0.2) is 13.4 Å². The summed E-state index contributed by atoms with van der Waals surface area (Å²) in [4.78, 5) is 12.6. The Morgan fingerprint density at radius 1 is 1.10 bits per heavy atom. The maximum absolute atomic E-state index is 12.8. The minimum Gasteiger partial charge on any atom is -0.467 e. The van der Waals surface area contributed by atoms with E-state index in [0.717, 1.165) is 0 Å². The topological polar surface area (TPSA) is 92.0 Å². The molecule has 0 saturated heterocycles. The molecule has 0 radical (unpaired) electrons. The van der Waals surface area contributed by atoms with Crippen molar-refractivity contribution in [1.82, 2.24) is 5.01 Å².